The summed E-state index contributed by atoms with van der Waals surface area (Å²) >= 11 is 0. The van der Waals surface area contributed by atoms with Crippen LogP contribution in [0.4, 0.5) is 5.69 Å². The summed E-state index contributed by atoms with van der Waals surface area (Å²) in [6, 6.07) is 13.3. The lowest BCUT2D eigenvalue weighted by Gasteiger charge is -2.18. The van der Waals surface area contributed by atoms with Crippen LogP contribution < -0.4 is 14.8 Å². The van der Waals surface area contributed by atoms with Gasteiger partial charge in [0.2, 0.25) is 5.91 Å². The lowest BCUT2D eigenvalue weighted by molar-refractivity contribution is -0.115. The van der Waals surface area contributed by atoms with Crippen LogP contribution in [-0.2, 0) is 21.1 Å². The molecule has 1 N–H and O–H groups in total. The van der Waals surface area contributed by atoms with Gasteiger partial charge in [-0.15, -0.1) is 0 Å². The standard InChI is InChI=1S/C19H18N2O5S/c20-9-7-14-1-3-15(4-2-14)21-19(22)8-12-27(23,24)16-5-6-17-18(13-16)26-11-10-25-17/h1-6,13H,7-8,10-12H2,(H,21,22). The number of ether oxygens (including phenoxy) is 2. The topological polar surface area (TPSA) is 105 Å². The summed E-state index contributed by atoms with van der Waals surface area (Å²) in [5, 5.41) is 11.3. The fourth-order valence-corrected chi connectivity index (χ4v) is 3.83. The number of sulfone groups is 1. The number of hydrogen-bond donors (Lipinski definition) is 1. The van der Waals surface area contributed by atoms with Gasteiger partial charge in [-0.1, -0.05) is 12.1 Å². The van der Waals surface area contributed by atoms with Gasteiger partial charge < -0.3 is 14.8 Å². The van der Waals surface area contributed by atoms with Crippen molar-refractivity contribution < 1.29 is 22.7 Å². The molecule has 0 atom stereocenters. The minimum atomic E-state index is -3.63. The zero-order valence-corrected chi connectivity index (χ0v) is 15.3. The van der Waals surface area contributed by atoms with E-state index in [2.05, 4.69) is 5.32 Å². The molecule has 8 heteroatoms. The summed E-state index contributed by atoms with van der Waals surface area (Å²) in [5.74, 6) is 0.191. The molecule has 0 fully saturated rings. The SMILES string of the molecule is N#CCc1ccc(NC(=O)CCS(=O)(=O)c2ccc3c(c2)OCCO3)cc1. The van der Waals surface area contributed by atoms with E-state index in [-0.39, 0.29) is 17.1 Å². The summed E-state index contributed by atoms with van der Waals surface area (Å²) in [6.07, 6.45) is 0.124. The molecule has 1 heterocycles. The van der Waals surface area contributed by atoms with E-state index >= 15 is 0 Å². The van der Waals surface area contributed by atoms with E-state index in [4.69, 9.17) is 14.7 Å². The third-order valence-electron chi connectivity index (χ3n) is 3.99. The number of carbonyl (C=O) groups is 1. The molecule has 2 aromatic carbocycles. The van der Waals surface area contributed by atoms with Gasteiger partial charge in [0.05, 0.1) is 23.1 Å². The van der Waals surface area contributed by atoms with Crippen molar-refractivity contribution >= 4 is 21.4 Å². The number of hydrogen-bond acceptors (Lipinski definition) is 6. The van der Waals surface area contributed by atoms with Crippen molar-refractivity contribution in [2.24, 2.45) is 0 Å². The van der Waals surface area contributed by atoms with E-state index in [9.17, 15) is 13.2 Å². The fraction of sp³-hybridized carbons (Fsp3) is 0.263. The quantitative estimate of drug-likeness (QED) is 0.817. The minimum absolute atomic E-state index is 0.0976. The molecule has 1 aliphatic heterocycles. The molecule has 2 aromatic rings. The maximum Gasteiger partial charge on any atom is 0.225 e. The Bertz CT molecular complexity index is 978. The van der Waals surface area contributed by atoms with Crippen molar-refractivity contribution in [2.45, 2.75) is 17.7 Å². The first-order valence-corrected chi connectivity index (χ1v) is 10.0. The number of rotatable bonds is 6. The van der Waals surface area contributed by atoms with Crippen LogP contribution in [0, 0.1) is 11.3 Å². The van der Waals surface area contributed by atoms with Gasteiger partial charge in [0.15, 0.2) is 21.3 Å². The van der Waals surface area contributed by atoms with E-state index in [0.717, 1.165) is 5.56 Å². The Morgan fingerprint density at radius 1 is 1.07 bits per heavy atom. The molecule has 0 saturated heterocycles. The summed E-state index contributed by atoms with van der Waals surface area (Å²) in [4.78, 5) is 12.2. The van der Waals surface area contributed by atoms with Crippen LogP contribution in [0.15, 0.2) is 47.4 Å². The zero-order chi connectivity index (χ0) is 19.3. The zero-order valence-electron chi connectivity index (χ0n) is 14.5. The smallest absolute Gasteiger partial charge is 0.225 e. The second kappa shape index (κ2) is 8.10. The van der Waals surface area contributed by atoms with Crippen molar-refractivity contribution in [3.8, 4) is 17.6 Å². The summed E-state index contributed by atoms with van der Waals surface area (Å²) < 4.78 is 35.7. The number of carbonyl (C=O) groups excluding carboxylic acids is 1. The highest BCUT2D eigenvalue weighted by molar-refractivity contribution is 7.91. The maximum atomic E-state index is 12.5. The number of benzene rings is 2. The number of nitriles is 1. The molecule has 1 aliphatic rings. The Morgan fingerprint density at radius 3 is 2.48 bits per heavy atom. The van der Waals surface area contributed by atoms with Gasteiger partial charge in [-0.05, 0) is 29.8 Å². The lowest BCUT2D eigenvalue weighted by atomic mass is 10.1. The summed E-state index contributed by atoms with van der Waals surface area (Å²) in [6.45, 7) is 0.794. The predicted molar refractivity (Wildman–Crippen MR) is 98.5 cm³/mol. The molecular formula is C19H18N2O5S. The number of nitrogens with one attached hydrogen (secondary N) is 1. The Hall–Kier alpha value is -3.05. The highest BCUT2D eigenvalue weighted by Gasteiger charge is 2.20. The lowest BCUT2D eigenvalue weighted by Crippen LogP contribution is -2.18. The number of anilines is 1. The average molecular weight is 386 g/mol. The monoisotopic (exact) mass is 386 g/mol. The molecule has 0 unspecified atom stereocenters. The third kappa shape index (κ3) is 4.77. The molecule has 0 aliphatic carbocycles. The van der Waals surface area contributed by atoms with E-state index in [1.807, 2.05) is 6.07 Å². The van der Waals surface area contributed by atoms with Gasteiger partial charge in [-0.2, -0.15) is 5.26 Å². The molecule has 7 nitrogen and oxygen atoms in total. The van der Waals surface area contributed by atoms with Crippen molar-refractivity contribution in [3.05, 3.63) is 48.0 Å². The Morgan fingerprint density at radius 2 is 1.78 bits per heavy atom. The highest BCUT2D eigenvalue weighted by Crippen LogP contribution is 2.32. The van der Waals surface area contributed by atoms with Gasteiger partial charge >= 0.3 is 0 Å². The van der Waals surface area contributed by atoms with Crippen LogP contribution in [-0.4, -0.2) is 33.3 Å². The number of amides is 1. The molecular weight excluding hydrogens is 368 g/mol. The van der Waals surface area contributed by atoms with Crippen LogP contribution in [0.5, 0.6) is 11.5 Å². The minimum Gasteiger partial charge on any atom is -0.486 e. The third-order valence-corrected chi connectivity index (χ3v) is 5.71. The van der Waals surface area contributed by atoms with E-state index < -0.39 is 15.7 Å². The second-order valence-corrected chi connectivity index (χ2v) is 8.06. The molecule has 27 heavy (non-hydrogen) atoms. The normalized spacial score (nSPS) is 12.9. The van der Waals surface area contributed by atoms with Crippen LogP contribution in [0.25, 0.3) is 0 Å². The molecule has 0 radical (unpaired) electrons. The Balaban J connectivity index is 1.59. The first-order valence-electron chi connectivity index (χ1n) is 8.36. The Kier molecular flexibility index (Phi) is 5.62. The van der Waals surface area contributed by atoms with Gasteiger partial charge in [0.1, 0.15) is 13.2 Å². The summed E-state index contributed by atoms with van der Waals surface area (Å²) in [7, 11) is -3.63. The molecule has 0 saturated carbocycles. The molecule has 0 spiro atoms. The molecule has 140 valence electrons. The van der Waals surface area contributed by atoms with Gasteiger partial charge in [-0.25, -0.2) is 8.42 Å². The fourth-order valence-electron chi connectivity index (χ4n) is 2.58. The van der Waals surface area contributed by atoms with E-state index in [1.54, 1.807) is 30.3 Å². The summed E-state index contributed by atoms with van der Waals surface area (Å²) in [5.41, 5.74) is 1.40. The first kappa shape index (κ1) is 18.7. The van der Waals surface area contributed by atoms with Gasteiger partial charge in [0, 0.05) is 18.2 Å². The van der Waals surface area contributed by atoms with Crippen molar-refractivity contribution in [3.63, 3.8) is 0 Å². The van der Waals surface area contributed by atoms with Crippen molar-refractivity contribution in [1.82, 2.24) is 0 Å². The Labute approximate surface area is 157 Å². The molecule has 0 bridgehead atoms. The number of nitrogens with zero attached hydrogens (tertiary/aromatic N) is 1. The van der Waals surface area contributed by atoms with E-state index in [1.165, 1.54) is 12.1 Å². The maximum absolute atomic E-state index is 12.5. The highest BCUT2D eigenvalue weighted by atomic mass is 32.2. The van der Waals surface area contributed by atoms with Crippen LogP contribution in [0.1, 0.15) is 12.0 Å². The van der Waals surface area contributed by atoms with Crippen LogP contribution >= 0.6 is 0 Å². The van der Waals surface area contributed by atoms with Crippen LogP contribution in [0.2, 0.25) is 0 Å². The largest absolute Gasteiger partial charge is 0.486 e. The second-order valence-electron chi connectivity index (χ2n) is 5.95. The van der Waals surface area contributed by atoms with E-state index in [0.29, 0.717) is 36.8 Å². The molecule has 3 rings (SSSR count). The van der Waals surface area contributed by atoms with Crippen molar-refractivity contribution in [1.29, 1.82) is 5.26 Å². The first-order chi connectivity index (χ1) is 13.0. The molecule has 1 amide bonds. The van der Waals surface area contributed by atoms with Gasteiger partial charge in [0.25, 0.3) is 0 Å². The number of fused-ring (bicyclic) bond motifs is 1. The van der Waals surface area contributed by atoms with Gasteiger partial charge in [-0.3, -0.25) is 4.79 Å². The average Bonchev–Trinajstić information content (AvgIpc) is 2.68. The van der Waals surface area contributed by atoms with Crippen molar-refractivity contribution in [2.75, 3.05) is 24.3 Å². The predicted octanol–water partition coefficient (Wildman–Crippen LogP) is 2.33. The van der Waals surface area contributed by atoms with Crippen LogP contribution in [0.3, 0.4) is 0 Å². The molecule has 0 aromatic heterocycles.